The zero-order chi connectivity index (χ0) is 24.4. The number of rotatable bonds is 6. The van der Waals surface area contributed by atoms with Crippen molar-refractivity contribution >= 4 is 5.91 Å². The molecule has 2 heterocycles. The smallest absolute Gasteiger partial charge is 0.244 e. The number of aromatic nitrogens is 2. The molecule has 2 aliphatic carbocycles. The van der Waals surface area contributed by atoms with Crippen LogP contribution in [0.2, 0.25) is 0 Å². The molecule has 1 aromatic carbocycles. The molecule has 3 aliphatic rings. The molecule has 1 saturated heterocycles. The van der Waals surface area contributed by atoms with Gasteiger partial charge in [-0.25, -0.2) is 4.39 Å². The van der Waals surface area contributed by atoms with Gasteiger partial charge in [0, 0.05) is 49.1 Å². The van der Waals surface area contributed by atoms with Crippen molar-refractivity contribution < 1.29 is 13.9 Å². The summed E-state index contributed by atoms with van der Waals surface area (Å²) < 4.78 is 21.1. The maximum absolute atomic E-state index is 13.7. The Morgan fingerprint density at radius 1 is 1.17 bits per heavy atom. The van der Waals surface area contributed by atoms with Crippen molar-refractivity contribution in [3.8, 4) is 11.3 Å². The molecule has 1 saturated carbocycles. The van der Waals surface area contributed by atoms with E-state index in [-0.39, 0.29) is 18.3 Å². The molecule has 1 amide bonds. The summed E-state index contributed by atoms with van der Waals surface area (Å²) in [6.45, 7) is 5.02. The number of aryl methyl sites for hydroxylation is 1. The summed E-state index contributed by atoms with van der Waals surface area (Å²) in [7, 11) is 1.69. The third-order valence-electron chi connectivity index (χ3n) is 7.09. The monoisotopic (exact) mass is 476 g/mol. The normalized spacial score (nSPS) is 22.5. The molecule has 0 N–H and O–H groups in total. The summed E-state index contributed by atoms with van der Waals surface area (Å²) in [5.41, 5.74) is 4.66. The number of nitrogens with zero attached hydrogens (tertiary/aromatic N) is 4. The summed E-state index contributed by atoms with van der Waals surface area (Å²) in [6.07, 6.45) is 12.5. The van der Waals surface area contributed by atoms with E-state index in [0.717, 1.165) is 61.5 Å². The van der Waals surface area contributed by atoms with Crippen LogP contribution in [0.25, 0.3) is 11.3 Å². The van der Waals surface area contributed by atoms with E-state index in [1.807, 2.05) is 27.8 Å². The molecule has 184 valence electrons. The molecule has 0 spiro atoms. The average Bonchev–Trinajstić information content (AvgIpc) is 3.61. The first-order chi connectivity index (χ1) is 17.0. The second kappa shape index (κ2) is 10.1. The molecule has 1 aliphatic heterocycles. The molecule has 0 atom stereocenters. The highest BCUT2D eigenvalue weighted by atomic mass is 19.1. The van der Waals surface area contributed by atoms with Gasteiger partial charge in [-0.05, 0) is 74.6 Å². The van der Waals surface area contributed by atoms with Crippen LogP contribution >= 0.6 is 0 Å². The third-order valence-corrected chi connectivity index (χ3v) is 7.09. The van der Waals surface area contributed by atoms with E-state index < -0.39 is 0 Å². The number of methoxy groups -OCH3 is 1. The Labute approximate surface area is 206 Å². The summed E-state index contributed by atoms with van der Waals surface area (Å²) in [4.78, 5) is 17.6. The van der Waals surface area contributed by atoms with Crippen LogP contribution in [0.15, 0.2) is 60.0 Å². The minimum absolute atomic E-state index is 0.101. The first-order valence-electron chi connectivity index (χ1n) is 12.5. The van der Waals surface area contributed by atoms with Crippen molar-refractivity contribution in [1.82, 2.24) is 19.6 Å². The minimum atomic E-state index is -0.217. The van der Waals surface area contributed by atoms with Crippen LogP contribution in [-0.2, 0) is 16.1 Å². The maximum atomic E-state index is 13.7. The van der Waals surface area contributed by atoms with Gasteiger partial charge in [-0.3, -0.25) is 9.48 Å². The molecule has 5 rings (SSSR count). The largest absolute Gasteiger partial charge is 0.497 e. The van der Waals surface area contributed by atoms with Gasteiger partial charge >= 0.3 is 0 Å². The Bertz CT molecular complexity index is 1180. The van der Waals surface area contributed by atoms with E-state index in [1.165, 1.54) is 11.8 Å². The molecular weight excluding hydrogens is 443 g/mol. The number of piperazine rings is 1. The summed E-state index contributed by atoms with van der Waals surface area (Å²) >= 11 is 0. The number of hydrogen-bond acceptors (Lipinski definition) is 4. The van der Waals surface area contributed by atoms with Crippen LogP contribution in [-0.4, -0.2) is 58.8 Å². The van der Waals surface area contributed by atoms with Gasteiger partial charge in [0.15, 0.2) is 0 Å². The quantitative estimate of drug-likeness (QED) is 0.602. The van der Waals surface area contributed by atoms with Crippen molar-refractivity contribution in [3.05, 3.63) is 77.1 Å². The first-order valence-corrected chi connectivity index (χ1v) is 12.5. The first kappa shape index (κ1) is 23.4. The minimum Gasteiger partial charge on any atom is -0.497 e. The number of ether oxygens (including phenoxy) is 1. The van der Waals surface area contributed by atoms with Crippen molar-refractivity contribution in [2.45, 2.75) is 45.1 Å². The van der Waals surface area contributed by atoms with Gasteiger partial charge in [0.1, 0.15) is 18.1 Å². The zero-order valence-electron chi connectivity index (χ0n) is 20.5. The van der Waals surface area contributed by atoms with E-state index in [0.29, 0.717) is 24.6 Å². The summed E-state index contributed by atoms with van der Waals surface area (Å²) in [5.74, 6) is 1.20. The number of halogens is 1. The van der Waals surface area contributed by atoms with Gasteiger partial charge < -0.3 is 14.5 Å². The zero-order valence-corrected chi connectivity index (χ0v) is 20.5. The number of carbonyl (C=O) groups is 1. The lowest BCUT2D eigenvalue weighted by molar-refractivity contribution is -0.133. The average molecular weight is 477 g/mol. The summed E-state index contributed by atoms with van der Waals surface area (Å²) in [5, 5.41) is 4.77. The van der Waals surface area contributed by atoms with Gasteiger partial charge in [0.05, 0.1) is 12.8 Å². The second-order valence-electron chi connectivity index (χ2n) is 9.59. The fourth-order valence-electron chi connectivity index (χ4n) is 4.83. The number of amides is 1. The lowest BCUT2D eigenvalue weighted by Gasteiger charge is -2.37. The van der Waals surface area contributed by atoms with E-state index in [4.69, 9.17) is 9.84 Å². The lowest BCUT2D eigenvalue weighted by atomic mass is 10.1. The SMILES string of the molecule is COC1=C/C=C\CC/C(N2CCN(C(=O)Cn3nc(-c4ccc(F)c(C)c4)cc3C3CC3)CC2)=C\1. The molecule has 2 fully saturated rings. The van der Waals surface area contributed by atoms with Crippen LogP contribution in [0.5, 0.6) is 0 Å². The Morgan fingerprint density at radius 3 is 2.69 bits per heavy atom. The Kier molecular flexibility index (Phi) is 6.75. The topological polar surface area (TPSA) is 50.6 Å². The van der Waals surface area contributed by atoms with Gasteiger partial charge in [0.25, 0.3) is 0 Å². The van der Waals surface area contributed by atoms with E-state index >= 15 is 0 Å². The standard InChI is InChI=1S/C28H33FN4O2/c1-20-16-22(10-11-25(20)29)26-18-27(21-8-9-21)33(30-26)19-28(34)32-14-12-31(13-15-32)23-6-4-3-5-7-24(17-23)35-2/h3,5,7,10-11,16-18,21H,4,6,8-9,12-15,19H2,1-2H3/b5-3-,23-17+,24-7+. The third kappa shape index (κ3) is 5.34. The van der Waals surface area contributed by atoms with E-state index in [2.05, 4.69) is 23.1 Å². The number of carbonyl (C=O) groups excluding carboxylic acids is 1. The molecular formula is C28H33FN4O2. The van der Waals surface area contributed by atoms with Gasteiger partial charge in [0.2, 0.25) is 5.91 Å². The maximum Gasteiger partial charge on any atom is 0.244 e. The second-order valence-corrected chi connectivity index (χ2v) is 9.59. The molecule has 7 heteroatoms. The molecule has 35 heavy (non-hydrogen) atoms. The van der Waals surface area contributed by atoms with Crippen LogP contribution in [0, 0.1) is 12.7 Å². The number of allylic oxidation sites excluding steroid dienone is 5. The van der Waals surface area contributed by atoms with Crippen LogP contribution in [0.3, 0.4) is 0 Å². The summed E-state index contributed by atoms with van der Waals surface area (Å²) in [6, 6.07) is 7.14. The Hall–Kier alpha value is -3.35. The highest BCUT2D eigenvalue weighted by molar-refractivity contribution is 5.76. The lowest BCUT2D eigenvalue weighted by Crippen LogP contribution is -2.49. The molecule has 1 aromatic heterocycles. The van der Waals surface area contributed by atoms with Crippen molar-refractivity contribution in [3.63, 3.8) is 0 Å². The van der Waals surface area contributed by atoms with Crippen molar-refractivity contribution in [2.24, 2.45) is 0 Å². The van der Waals surface area contributed by atoms with Gasteiger partial charge in [-0.2, -0.15) is 5.10 Å². The van der Waals surface area contributed by atoms with Gasteiger partial charge in [-0.15, -0.1) is 0 Å². The Balaban J connectivity index is 1.25. The molecule has 0 radical (unpaired) electrons. The van der Waals surface area contributed by atoms with Crippen molar-refractivity contribution in [2.75, 3.05) is 33.3 Å². The van der Waals surface area contributed by atoms with E-state index in [9.17, 15) is 9.18 Å². The number of benzene rings is 1. The van der Waals surface area contributed by atoms with Crippen LogP contribution < -0.4 is 0 Å². The van der Waals surface area contributed by atoms with E-state index in [1.54, 1.807) is 20.1 Å². The fourth-order valence-corrected chi connectivity index (χ4v) is 4.83. The highest BCUT2D eigenvalue weighted by Gasteiger charge is 2.30. The molecule has 2 aromatic rings. The number of hydrogen-bond donors (Lipinski definition) is 0. The predicted molar refractivity (Wildman–Crippen MR) is 134 cm³/mol. The Morgan fingerprint density at radius 2 is 1.97 bits per heavy atom. The van der Waals surface area contributed by atoms with Crippen LogP contribution in [0.1, 0.15) is 42.9 Å². The molecule has 0 unspecified atom stereocenters. The molecule has 6 nitrogen and oxygen atoms in total. The van der Waals surface area contributed by atoms with Crippen molar-refractivity contribution in [1.29, 1.82) is 0 Å². The van der Waals surface area contributed by atoms with Crippen LogP contribution in [0.4, 0.5) is 4.39 Å². The fraction of sp³-hybridized carbons (Fsp3) is 0.429. The predicted octanol–water partition coefficient (Wildman–Crippen LogP) is 4.78. The van der Waals surface area contributed by atoms with Gasteiger partial charge in [-0.1, -0.05) is 12.2 Å². The molecule has 0 bridgehead atoms. The highest BCUT2D eigenvalue weighted by Crippen LogP contribution is 2.41.